The van der Waals surface area contributed by atoms with Crippen molar-refractivity contribution in [3.05, 3.63) is 23.8 Å². The van der Waals surface area contributed by atoms with Gasteiger partial charge in [0.15, 0.2) is 24.1 Å². The smallest absolute Gasteiger partial charge is 0.422 e. The summed E-state index contributed by atoms with van der Waals surface area (Å²) in [7, 11) is 1.38. The monoisotopic (exact) mass is 359 g/mol. The number of benzene rings is 1. The number of alkyl halides is 3. The minimum atomic E-state index is -4.39. The number of piperidine rings is 1. The van der Waals surface area contributed by atoms with E-state index in [9.17, 15) is 13.2 Å². The molecule has 1 aliphatic heterocycles. The summed E-state index contributed by atoms with van der Waals surface area (Å²) in [6.45, 7) is 2.94. The second-order valence-electron chi connectivity index (χ2n) is 6.26. The Bertz CT molecular complexity index is 605. The molecule has 0 bridgehead atoms. The maximum absolute atomic E-state index is 12.3. The van der Waals surface area contributed by atoms with Crippen molar-refractivity contribution in [2.75, 3.05) is 26.8 Å². The number of halogens is 3. The fourth-order valence-corrected chi connectivity index (χ4v) is 2.76. The predicted molar refractivity (Wildman–Crippen MR) is 89.8 cm³/mol. The van der Waals surface area contributed by atoms with Crippen LogP contribution in [0.3, 0.4) is 0 Å². The summed E-state index contributed by atoms with van der Waals surface area (Å²) in [5, 5.41) is 0. The first-order chi connectivity index (χ1) is 11.8. The van der Waals surface area contributed by atoms with Crippen molar-refractivity contribution in [1.82, 2.24) is 4.90 Å². The van der Waals surface area contributed by atoms with Gasteiger partial charge in [-0.1, -0.05) is 13.0 Å². The lowest BCUT2D eigenvalue weighted by Gasteiger charge is -2.31. The summed E-state index contributed by atoms with van der Waals surface area (Å²) in [4.78, 5) is 6.45. The van der Waals surface area contributed by atoms with E-state index in [0.29, 0.717) is 18.4 Å². The molecular weight excluding hydrogens is 335 g/mol. The number of guanidine groups is 1. The zero-order valence-corrected chi connectivity index (χ0v) is 14.5. The largest absolute Gasteiger partial charge is 0.493 e. The lowest BCUT2D eigenvalue weighted by atomic mass is 10.0. The molecule has 140 valence electrons. The first-order valence-corrected chi connectivity index (χ1v) is 8.20. The van der Waals surface area contributed by atoms with Gasteiger partial charge in [0.05, 0.1) is 13.7 Å². The molecule has 1 atom stereocenters. The lowest BCUT2D eigenvalue weighted by Crippen LogP contribution is -2.43. The number of methoxy groups -OCH3 is 1. The topological polar surface area (TPSA) is 60.1 Å². The number of hydrogen-bond donors (Lipinski definition) is 1. The number of rotatable bonds is 5. The number of ether oxygens (including phenoxy) is 2. The van der Waals surface area contributed by atoms with Gasteiger partial charge in [0.25, 0.3) is 0 Å². The number of hydrogen-bond acceptors (Lipinski definition) is 3. The zero-order valence-electron chi connectivity index (χ0n) is 14.5. The number of aliphatic imine (C=N–C) groups is 1. The van der Waals surface area contributed by atoms with Gasteiger partial charge >= 0.3 is 6.18 Å². The minimum Gasteiger partial charge on any atom is -0.493 e. The van der Waals surface area contributed by atoms with Gasteiger partial charge in [0, 0.05) is 13.1 Å². The van der Waals surface area contributed by atoms with Crippen LogP contribution >= 0.6 is 0 Å². The Morgan fingerprint density at radius 3 is 2.76 bits per heavy atom. The summed E-state index contributed by atoms with van der Waals surface area (Å²) < 4.78 is 46.7. The number of nitrogens with zero attached hydrogens (tertiary/aromatic N) is 2. The number of nitrogens with two attached hydrogens (primary N) is 1. The fraction of sp³-hybridized carbons (Fsp3) is 0.588. The van der Waals surface area contributed by atoms with Crippen LogP contribution in [0.1, 0.15) is 25.3 Å². The van der Waals surface area contributed by atoms with E-state index < -0.39 is 12.8 Å². The van der Waals surface area contributed by atoms with E-state index in [1.54, 1.807) is 12.1 Å². The highest BCUT2D eigenvalue weighted by molar-refractivity contribution is 5.78. The second-order valence-corrected chi connectivity index (χ2v) is 6.26. The molecule has 8 heteroatoms. The fourth-order valence-electron chi connectivity index (χ4n) is 2.76. The molecule has 0 spiro atoms. The van der Waals surface area contributed by atoms with Crippen molar-refractivity contribution in [2.45, 2.75) is 32.5 Å². The van der Waals surface area contributed by atoms with E-state index in [0.717, 1.165) is 25.1 Å². The predicted octanol–water partition coefficient (Wildman–Crippen LogP) is 3.18. The average Bonchev–Trinajstić information content (AvgIpc) is 2.57. The van der Waals surface area contributed by atoms with Gasteiger partial charge in [-0.05, 0) is 36.5 Å². The van der Waals surface area contributed by atoms with Crippen LogP contribution in [0, 0.1) is 5.92 Å². The van der Waals surface area contributed by atoms with Gasteiger partial charge in [-0.15, -0.1) is 0 Å². The molecule has 1 heterocycles. The first kappa shape index (κ1) is 19.2. The van der Waals surface area contributed by atoms with E-state index in [-0.39, 0.29) is 11.5 Å². The summed E-state index contributed by atoms with van der Waals surface area (Å²) >= 11 is 0. The van der Waals surface area contributed by atoms with Crippen LogP contribution < -0.4 is 15.2 Å². The van der Waals surface area contributed by atoms with Crippen LogP contribution in [0.25, 0.3) is 0 Å². The molecule has 5 nitrogen and oxygen atoms in total. The maximum Gasteiger partial charge on any atom is 0.422 e. The molecule has 1 saturated heterocycles. The van der Waals surface area contributed by atoms with E-state index in [4.69, 9.17) is 15.2 Å². The molecule has 0 amide bonds. The van der Waals surface area contributed by atoms with Crippen molar-refractivity contribution >= 4 is 5.96 Å². The van der Waals surface area contributed by atoms with Crippen LogP contribution in [-0.4, -0.2) is 43.8 Å². The molecule has 1 aliphatic rings. The van der Waals surface area contributed by atoms with Crippen molar-refractivity contribution in [3.8, 4) is 11.5 Å². The van der Waals surface area contributed by atoms with Crippen LogP contribution in [0.2, 0.25) is 0 Å². The third-order valence-electron chi connectivity index (χ3n) is 4.02. The van der Waals surface area contributed by atoms with Crippen molar-refractivity contribution < 1.29 is 22.6 Å². The Kier molecular flexibility index (Phi) is 6.39. The van der Waals surface area contributed by atoms with Gasteiger partial charge < -0.3 is 20.1 Å². The molecule has 1 unspecified atom stereocenters. The molecule has 25 heavy (non-hydrogen) atoms. The SMILES string of the molecule is COc1cc(CN=C(N)N2CCCC(C)C2)ccc1OCC(F)(F)F. The Hall–Kier alpha value is -2.12. The molecule has 0 radical (unpaired) electrons. The Labute approximate surface area is 145 Å². The summed E-state index contributed by atoms with van der Waals surface area (Å²) in [5.41, 5.74) is 6.83. The van der Waals surface area contributed by atoms with E-state index in [1.807, 2.05) is 0 Å². The molecule has 0 aliphatic carbocycles. The average molecular weight is 359 g/mol. The first-order valence-electron chi connectivity index (χ1n) is 8.20. The van der Waals surface area contributed by atoms with Crippen LogP contribution in [0.5, 0.6) is 11.5 Å². The van der Waals surface area contributed by atoms with Crippen LogP contribution in [0.4, 0.5) is 13.2 Å². The zero-order chi connectivity index (χ0) is 18.4. The standard InChI is InChI=1S/C17H24F3N3O2/c1-12-4-3-7-23(10-12)16(21)22-9-13-5-6-14(15(8-13)24-2)25-11-17(18,19)20/h5-6,8,12H,3-4,7,9-11H2,1-2H3,(H2,21,22). The highest BCUT2D eigenvalue weighted by Gasteiger charge is 2.29. The van der Waals surface area contributed by atoms with E-state index in [2.05, 4.69) is 16.8 Å². The molecule has 1 aromatic carbocycles. The lowest BCUT2D eigenvalue weighted by molar-refractivity contribution is -0.153. The summed E-state index contributed by atoms with van der Waals surface area (Å²) in [6.07, 6.45) is -2.11. The van der Waals surface area contributed by atoms with E-state index in [1.165, 1.54) is 19.6 Å². The van der Waals surface area contributed by atoms with Crippen LogP contribution in [-0.2, 0) is 6.54 Å². The molecule has 2 rings (SSSR count). The molecule has 2 N–H and O–H groups in total. The number of likely N-dealkylation sites (tertiary alicyclic amines) is 1. The summed E-state index contributed by atoms with van der Waals surface area (Å²) in [6, 6.07) is 4.72. The molecule has 0 aromatic heterocycles. The third-order valence-corrected chi connectivity index (χ3v) is 4.02. The maximum atomic E-state index is 12.3. The van der Waals surface area contributed by atoms with Gasteiger partial charge in [0.1, 0.15) is 0 Å². The van der Waals surface area contributed by atoms with Gasteiger partial charge in [-0.25, -0.2) is 4.99 Å². The summed E-state index contributed by atoms with van der Waals surface area (Å²) in [5.74, 6) is 1.36. The van der Waals surface area contributed by atoms with Crippen molar-refractivity contribution in [2.24, 2.45) is 16.6 Å². The van der Waals surface area contributed by atoms with Crippen molar-refractivity contribution in [1.29, 1.82) is 0 Å². The quantitative estimate of drug-likeness (QED) is 0.648. The van der Waals surface area contributed by atoms with E-state index >= 15 is 0 Å². The highest BCUT2D eigenvalue weighted by atomic mass is 19.4. The molecular formula is C17H24F3N3O2. The van der Waals surface area contributed by atoms with Gasteiger partial charge in [0.2, 0.25) is 0 Å². The van der Waals surface area contributed by atoms with Crippen molar-refractivity contribution in [3.63, 3.8) is 0 Å². The molecule has 1 fully saturated rings. The highest BCUT2D eigenvalue weighted by Crippen LogP contribution is 2.30. The molecule has 1 aromatic rings. The normalized spacial score (nSPS) is 19.0. The minimum absolute atomic E-state index is 0.0466. The Balaban J connectivity index is 2.01. The van der Waals surface area contributed by atoms with Gasteiger partial charge in [-0.3, -0.25) is 0 Å². The Morgan fingerprint density at radius 2 is 2.12 bits per heavy atom. The van der Waals surface area contributed by atoms with Crippen LogP contribution in [0.15, 0.2) is 23.2 Å². The Morgan fingerprint density at radius 1 is 1.36 bits per heavy atom. The third kappa shape index (κ3) is 6.03. The second kappa shape index (κ2) is 8.31. The van der Waals surface area contributed by atoms with Gasteiger partial charge in [-0.2, -0.15) is 13.2 Å². The molecule has 0 saturated carbocycles.